The van der Waals surface area contributed by atoms with Crippen LogP contribution in [0.3, 0.4) is 0 Å². The molecule has 0 atom stereocenters. The Balaban J connectivity index is 2.14. The summed E-state index contributed by atoms with van der Waals surface area (Å²) in [5, 5.41) is 0. The zero-order valence-electron chi connectivity index (χ0n) is 13.7. The lowest BCUT2D eigenvalue weighted by Crippen LogP contribution is -2.35. The van der Waals surface area contributed by atoms with Crippen molar-refractivity contribution in [2.45, 2.75) is 31.6 Å². The third-order valence-corrected chi connectivity index (χ3v) is 6.28. The van der Waals surface area contributed by atoms with Gasteiger partial charge in [-0.05, 0) is 49.4 Å². The average molecular weight is 331 g/mol. The van der Waals surface area contributed by atoms with Crippen molar-refractivity contribution in [2.24, 2.45) is 0 Å². The molecule has 2 aromatic rings. The van der Waals surface area contributed by atoms with Crippen LogP contribution < -0.4 is 9.04 Å². The monoisotopic (exact) mass is 331 g/mol. The molecule has 0 fully saturated rings. The van der Waals surface area contributed by atoms with Gasteiger partial charge in [0, 0.05) is 12.6 Å². The summed E-state index contributed by atoms with van der Waals surface area (Å²) in [4.78, 5) is 0.316. The van der Waals surface area contributed by atoms with Crippen LogP contribution in [0.25, 0.3) is 0 Å². The first-order valence-electron chi connectivity index (χ1n) is 7.71. The maximum Gasteiger partial charge on any atom is 0.264 e. The van der Waals surface area contributed by atoms with Gasteiger partial charge in [-0.1, -0.05) is 24.3 Å². The Bertz CT molecular complexity index is 843. The number of ether oxygens (including phenoxy) is 1. The van der Waals surface area contributed by atoms with E-state index in [0.29, 0.717) is 17.2 Å². The second-order valence-corrected chi connectivity index (χ2v) is 7.73. The van der Waals surface area contributed by atoms with Crippen molar-refractivity contribution in [1.29, 1.82) is 0 Å². The first-order chi connectivity index (χ1) is 10.9. The fourth-order valence-corrected chi connectivity index (χ4v) is 4.94. The molecule has 23 heavy (non-hydrogen) atoms. The zero-order valence-corrected chi connectivity index (χ0v) is 14.5. The molecule has 1 aliphatic heterocycles. The number of anilines is 1. The molecule has 4 nitrogen and oxygen atoms in total. The van der Waals surface area contributed by atoms with Crippen molar-refractivity contribution in [3.63, 3.8) is 0 Å². The number of nitrogens with zero attached hydrogens (tertiary/aromatic N) is 1. The molecule has 0 N–H and O–H groups in total. The number of sulfonamides is 1. The van der Waals surface area contributed by atoms with E-state index in [4.69, 9.17) is 4.74 Å². The summed E-state index contributed by atoms with van der Waals surface area (Å²) in [7, 11) is -2.04. The van der Waals surface area contributed by atoms with Crippen molar-refractivity contribution in [3.8, 4) is 5.75 Å². The molecule has 0 unspecified atom stereocenters. The van der Waals surface area contributed by atoms with Crippen molar-refractivity contribution in [3.05, 3.63) is 53.1 Å². The molecule has 3 rings (SSSR count). The van der Waals surface area contributed by atoms with Gasteiger partial charge in [0.25, 0.3) is 10.0 Å². The minimum absolute atomic E-state index is 0.316. The van der Waals surface area contributed by atoms with E-state index in [1.54, 1.807) is 13.2 Å². The first kappa shape index (κ1) is 15.9. The molecule has 0 spiro atoms. The maximum atomic E-state index is 13.2. The summed E-state index contributed by atoms with van der Waals surface area (Å²) in [5.41, 5.74) is 3.55. The largest absolute Gasteiger partial charge is 0.496 e. The van der Waals surface area contributed by atoms with Gasteiger partial charge in [0.15, 0.2) is 0 Å². The predicted octanol–water partition coefficient (Wildman–Crippen LogP) is 3.45. The SMILES string of the molecule is COc1cc(S(=O)(=O)N2CCCc3ccccc32)c(C)cc1C. The van der Waals surface area contributed by atoms with Gasteiger partial charge in [-0.15, -0.1) is 0 Å². The summed E-state index contributed by atoms with van der Waals surface area (Å²) < 4.78 is 33.3. The second kappa shape index (κ2) is 5.89. The predicted molar refractivity (Wildman–Crippen MR) is 91.8 cm³/mol. The molecule has 0 aliphatic carbocycles. The van der Waals surface area contributed by atoms with Crippen LogP contribution in [-0.2, 0) is 16.4 Å². The Morgan fingerprint density at radius 1 is 1.09 bits per heavy atom. The number of para-hydroxylation sites is 1. The lowest BCUT2D eigenvalue weighted by atomic mass is 10.0. The Hall–Kier alpha value is -2.01. The molecule has 2 aromatic carbocycles. The smallest absolute Gasteiger partial charge is 0.264 e. The summed E-state index contributed by atoms with van der Waals surface area (Å²) in [6.07, 6.45) is 1.75. The summed E-state index contributed by atoms with van der Waals surface area (Å²) in [6.45, 7) is 4.25. The Labute approximate surface area is 137 Å². The molecule has 0 saturated carbocycles. The molecular formula is C18H21NO3S. The third kappa shape index (κ3) is 2.70. The normalized spacial score (nSPS) is 14.5. The van der Waals surface area contributed by atoms with Crippen molar-refractivity contribution in [1.82, 2.24) is 0 Å². The van der Waals surface area contributed by atoms with Crippen LogP contribution >= 0.6 is 0 Å². The fraction of sp³-hybridized carbons (Fsp3) is 0.333. The van der Waals surface area contributed by atoms with Crippen molar-refractivity contribution in [2.75, 3.05) is 18.0 Å². The highest BCUT2D eigenvalue weighted by molar-refractivity contribution is 7.92. The van der Waals surface area contributed by atoms with Gasteiger partial charge in [-0.2, -0.15) is 0 Å². The Kier molecular flexibility index (Phi) is 4.06. The molecule has 0 saturated heterocycles. The minimum Gasteiger partial charge on any atom is -0.496 e. The van der Waals surface area contributed by atoms with E-state index in [1.165, 1.54) is 4.31 Å². The van der Waals surface area contributed by atoms with Crippen LogP contribution in [-0.4, -0.2) is 22.1 Å². The lowest BCUT2D eigenvalue weighted by Gasteiger charge is -2.31. The van der Waals surface area contributed by atoms with Crippen LogP contribution in [0, 0.1) is 13.8 Å². The molecule has 1 aliphatic rings. The molecule has 1 heterocycles. The molecular weight excluding hydrogens is 310 g/mol. The standard InChI is InChI=1S/C18H21NO3S/c1-13-11-14(2)18(12-17(13)22-3)23(20,21)19-10-6-8-15-7-4-5-9-16(15)19/h4-5,7,9,11-12H,6,8,10H2,1-3H3. The van der Waals surface area contributed by atoms with Gasteiger partial charge < -0.3 is 4.74 Å². The van der Waals surface area contributed by atoms with Crippen LogP contribution in [0.5, 0.6) is 5.75 Å². The van der Waals surface area contributed by atoms with Gasteiger partial charge in [-0.3, -0.25) is 4.31 Å². The second-order valence-electron chi connectivity index (χ2n) is 5.90. The molecule has 5 heteroatoms. The van der Waals surface area contributed by atoms with E-state index in [2.05, 4.69) is 0 Å². The summed E-state index contributed by atoms with van der Waals surface area (Å²) in [5.74, 6) is 0.597. The summed E-state index contributed by atoms with van der Waals surface area (Å²) in [6, 6.07) is 11.2. The van der Waals surface area contributed by atoms with Crippen LogP contribution in [0.15, 0.2) is 41.3 Å². The van der Waals surface area contributed by atoms with E-state index in [1.807, 2.05) is 44.2 Å². The van der Waals surface area contributed by atoms with E-state index in [0.717, 1.165) is 35.2 Å². The van der Waals surface area contributed by atoms with Gasteiger partial charge in [0.05, 0.1) is 17.7 Å². The highest BCUT2D eigenvalue weighted by Gasteiger charge is 2.30. The highest BCUT2D eigenvalue weighted by Crippen LogP contribution is 2.34. The number of hydrogen-bond donors (Lipinski definition) is 0. The molecule has 0 bridgehead atoms. The molecule has 122 valence electrons. The maximum absolute atomic E-state index is 13.2. The van der Waals surface area contributed by atoms with Crippen molar-refractivity contribution < 1.29 is 13.2 Å². The number of benzene rings is 2. The molecule has 0 amide bonds. The third-order valence-electron chi connectivity index (χ3n) is 4.33. The summed E-state index contributed by atoms with van der Waals surface area (Å²) >= 11 is 0. The van der Waals surface area contributed by atoms with E-state index in [-0.39, 0.29) is 0 Å². The van der Waals surface area contributed by atoms with Gasteiger partial charge in [0.2, 0.25) is 0 Å². The first-order valence-corrected chi connectivity index (χ1v) is 9.15. The zero-order chi connectivity index (χ0) is 16.6. The quantitative estimate of drug-likeness (QED) is 0.865. The topological polar surface area (TPSA) is 46.6 Å². The van der Waals surface area contributed by atoms with Crippen LogP contribution in [0.2, 0.25) is 0 Å². The van der Waals surface area contributed by atoms with Gasteiger partial charge in [0.1, 0.15) is 5.75 Å². The highest BCUT2D eigenvalue weighted by atomic mass is 32.2. The number of fused-ring (bicyclic) bond motifs is 1. The van der Waals surface area contributed by atoms with Crippen LogP contribution in [0.1, 0.15) is 23.1 Å². The average Bonchev–Trinajstić information content (AvgIpc) is 2.54. The van der Waals surface area contributed by atoms with Crippen molar-refractivity contribution >= 4 is 15.7 Å². The fourth-order valence-electron chi connectivity index (χ4n) is 3.18. The number of methoxy groups -OCH3 is 1. The minimum atomic E-state index is -3.60. The molecule has 0 radical (unpaired) electrons. The van der Waals surface area contributed by atoms with Gasteiger partial charge in [-0.25, -0.2) is 8.42 Å². The number of aryl methyl sites for hydroxylation is 3. The van der Waals surface area contributed by atoms with Gasteiger partial charge >= 0.3 is 0 Å². The number of rotatable bonds is 3. The van der Waals surface area contributed by atoms with E-state index >= 15 is 0 Å². The van der Waals surface area contributed by atoms with E-state index in [9.17, 15) is 8.42 Å². The van der Waals surface area contributed by atoms with E-state index < -0.39 is 10.0 Å². The lowest BCUT2D eigenvalue weighted by molar-refractivity contribution is 0.410. The Morgan fingerprint density at radius 3 is 2.57 bits per heavy atom. The molecule has 0 aromatic heterocycles. The Morgan fingerprint density at radius 2 is 1.83 bits per heavy atom. The van der Waals surface area contributed by atoms with Crippen LogP contribution in [0.4, 0.5) is 5.69 Å². The number of hydrogen-bond acceptors (Lipinski definition) is 3.